The Balaban J connectivity index is 2.84. The largest absolute Gasteiger partial charge is 0.396 e. The van der Waals surface area contributed by atoms with Crippen molar-refractivity contribution in [3.05, 3.63) is 34.6 Å². The summed E-state index contributed by atoms with van der Waals surface area (Å²) in [6, 6.07) is 4.08. The van der Waals surface area contributed by atoms with E-state index in [-0.39, 0.29) is 17.7 Å². The Kier molecular flexibility index (Phi) is 3.66. The monoisotopic (exact) mass is 203 g/mol. The summed E-state index contributed by atoms with van der Waals surface area (Å²) in [5, 5.41) is 8.71. The summed E-state index contributed by atoms with van der Waals surface area (Å²) in [7, 11) is 0. The van der Waals surface area contributed by atoms with Crippen LogP contribution in [0.3, 0.4) is 0 Å². The lowest BCUT2D eigenvalue weighted by Crippen LogP contribution is -2.12. The Morgan fingerprint density at radius 1 is 1.54 bits per heavy atom. The molecule has 3 N–H and O–H groups in total. The van der Waals surface area contributed by atoms with Gasteiger partial charge in [-0.3, -0.25) is 0 Å². The summed E-state index contributed by atoms with van der Waals surface area (Å²) in [6.07, 6.45) is 0.418. The number of aliphatic hydroxyl groups excluding tert-OH is 1. The van der Waals surface area contributed by atoms with Gasteiger partial charge in [0, 0.05) is 12.6 Å². The highest BCUT2D eigenvalue weighted by molar-refractivity contribution is 6.30. The molecule has 72 valence electrons. The molecule has 0 amide bonds. The van der Waals surface area contributed by atoms with Crippen LogP contribution in [0, 0.1) is 5.82 Å². The molecule has 0 aromatic heterocycles. The molecule has 0 aliphatic rings. The van der Waals surface area contributed by atoms with Gasteiger partial charge in [0.15, 0.2) is 0 Å². The third kappa shape index (κ3) is 2.66. The Labute approximate surface area is 81.1 Å². The van der Waals surface area contributed by atoms with Crippen molar-refractivity contribution < 1.29 is 9.50 Å². The van der Waals surface area contributed by atoms with Crippen LogP contribution in [0.4, 0.5) is 4.39 Å². The maximum absolute atomic E-state index is 12.9. The smallest absolute Gasteiger partial charge is 0.142 e. The Bertz CT molecular complexity index is 293. The second-order valence-electron chi connectivity index (χ2n) is 2.79. The fourth-order valence-corrected chi connectivity index (χ4v) is 1.17. The summed E-state index contributed by atoms with van der Waals surface area (Å²) in [5.41, 5.74) is 6.30. The van der Waals surface area contributed by atoms with Crippen LogP contribution < -0.4 is 5.73 Å². The predicted molar refractivity (Wildman–Crippen MR) is 50.0 cm³/mol. The zero-order valence-corrected chi connectivity index (χ0v) is 7.76. The van der Waals surface area contributed by atoms with Gasteiger partial charge in [-0.15, -0.1) is 0 Å². The third-order valence-corrected chi connectivity index (χ3v) is 2.12. The minimum Gasteiger partial charge on any atom is -0.396 e. The fourth-order valence-electron chi connectivity index (χ4n) is 1.05. The van der Waals surface area contributed by atoms with Crippen LogP contribution in [0.1, 0.15) is 18.0 Å². The molecule has 1 aromatic carbocycles. The average molecular weight is 204 g/mol. The molecule has 1 rings (SSSR count). The van der Waals surface area contributed by atoms with Crippen LogP contribution in [-0.4, -0.2) is 11.7 Å². The molecule has 0 saturated heterocycles. The first-order valence-electron chi connectivity index (χ1n) is 3.96. The van der Waals surface area contributed by atoms with E-state index in [1.54, 1.807) is 6.07 Å². The van der Waals surface area contributed by atoms with Gasteiger partial charge in [0.25, 0.3) is 0 Å². The zero-order valence-electron chi connectivity index (χ0n) is 7.00. The van der Waals surface area contributed by atoms with E-state index in [2.05, 4.69) is 0 Å². The van der Waals surface area contributed by atoms with Gasteiger partial charge in [0.05, 0.1) is 5.02 Å². The van der Waals surface area contributed by atoms with E-state index in [0.717, 1.165) is 0 Å². The molecule has 0 heterocycles. The summed E-state index contributed by atoms with van der Waals surface area (Å²) in [4.78, 5) is 0. The van der Waals surface area contributed by atoms with E-state index in [1.165, 1.54) is 12.1 Å². The predicted octanol–water partition coefficient (Wildman–Crippen LogP) is 1.86. The van der Waals surface area contributed by atoms with E-state index in [0.29, 0.717) is 12.0 Å². The third-order valence-electron chi connectivity index (χ3n) is 1.81. The zero-order chi connectivity index (χ0) is 9.84. The highest BCUT2D eigenvalue weighted by atomic mass is 35.5. The van der Waals surface area contributed by atoms with E-state index >= 15 is 0 Å². The summed E-state index contributed by atoms with van der Waals surface area (Å²) in [6.45, 7) is -0.00852. The molecule has 0 aliphatic heterocycles. The molecule has 0 spiro atoms. The number of aliphatic hydroxyl groups is 1. The molecule has 1 unspecified atom stereocenters. The highest BCUT2D eigenvalue weighted by Gasteiger charge is 2.07. The lowest BCUT2D eigenvalue weighted by molar-refractivity contribution is 0.276. The number of benzene rings is 1. The van der Waals surface area contributed by atoms with Crippen LogP contribution >= 0.6 is 11.6 Å². The van der Waals surface area contributed by atoms with Crippen molar-refractivity contribution >= 4 is 11.6 Å². The Hall–Kier alpha value is -0.640. The van der Waals surface area contributed by atoms with Gasteiger partial charge in [-0.25, -0.2) is 4.39 Å². The number of hydrogen-bond acceptors (Lipinski definition) is 2. The van der Waals surface area contributed by atoms with Crippen LogP contribution in [-0.2, 0) is 0 Å². The van der Waals surface area contributed by atoms with Gasteiger partial charge in [-0.2, -0.15) is 0 Å². The molecular formula is C9H11ClFNO. The van der Waals surface area contributed by atoms with Gasteiger partial charge in [0.2, 0.25) is 0 Å². The molecule has 1 atom stereocenters. The summed E-state index contributed by atoms with van der Waals surface area (Å²) < 4.78 is 12.9. The SMILES string of the molecule is NC(CCO)c1ccc(Cl)c(F)c1. The van der Waals surface area contributed by atoms with Crippen molar-refractivity contribution in [1.29, 1.82) is 0 Å². The van der Waals surface area contributed by atoms with E-state index < -0.39 is 5.82 Å². The normalized spacial score (nSPS) is 12.9. The molecular weight excluding hydrogens is 193 g/mol. The van der Waals surface area contributed by atoms with Crippen LogP contribution in [0.15, 0.2) is 18.2 Å². The lowest BCUT2D eigenvalue weighted by atomic mass is 10.1. The minimum absolute atomic E-state index is 0.00852. The average Bonchev–Trinajstić information content (AvgIpc) is 2.10. The topological polar surface area (TPSA) is 46.2 Å². The molecule has 4 heteroatoms. The van der Waals surface area contributed by atoms with Crippen molar-refractivity contribution in [2.75, 3.05) is 6.61 Å². The summed E-state index contributed by atoms with van der Waals surface area (Å²) in [5.74, 6) is -0.479. The number of hydrogen-bond donors (Lipinski definition) is 2. The van der Waals surface area contributed by atoms with Crippen LogP contribution in [0.2, 0.25) is 5.02 Å². The van der Waals surface area contributed by atoms with E-state index in [1.807, 2.05) is 0 Å². The molecule has 0 fully saturated rings. The molecule has 0 bridgehead atoms. The van der Waals surface area contributed by atoms with Crippen molar-refractivity contribution in [1.82, 2.24) is 0 Å². The number of rotatable bonds is 3. The maximum Gasteiger partial charge on any atom is 0.142 e. The molecule has 1 aromatic rings. The quantitative estimate of drug-likeness (QED) is 0.788. The van der Waals surface area contributed by atoms with Gasteiger partial charge in [-0.05, 0) is 24.1 Å². The Morgan fingerprint density at radius 2 is 2.23 bits per heavy atom. The first-order chi connectivity index (χ1) is 6.15. The molecule has 0 radical (unpaired) electrons. The van der Waals surface area contributed by atoms with Gasteiger partial charge >= 0.3 is 0 Å². The second-order valence-corrected chi connectivity index (χ2v) is 3.20. The van der Waals surface area contributed by atoms with Crippen LogP contribution in [0.25, 0.3) is 0 Å². The first-order valence-corrected chi connectivity index (χ1v) is 4.34. The van der Waals surface area contributed by atoms with Crippen molar-refractivity contribution in [3.8, 4) is 0 Å². The molecule has 0 saturated carbocycles. The first kappa shape index (κ1) is 10.4. The molecule has 13 heavy (non-hydrogen) atoms. The number of nitrogens with two attached hydrogens (primary N) is 1. The van der Waals surface area contributed by atoms with Crippen LogP contribution in [0.5, 0.6) is 0 Å². The van der Waals surface area contributed by atoms with Crippen molar-refractivity contribution in [2.45, 2.75) is 12.5 Å². The Morgan fingerprint density at radius 3 is 2.77 bits per heavy atom. The van der Waals surface area contributed by atoms with E-state index in [9.17, 15) is 4.39 Å². The van der Waals surface area contributed by atoms with Crippen molar-refractivity contribution in [2.24, 2.45) is 5.73 Å². The van der Waals surface area contributed by atoms with Crippen molar-refractivity contribution in [3.63, 3.8) is 0 Å². The second kappa shape index (κ2) is 4.56. The minimum atomic E-state index is -0.479. The van der Waals surface area contributed by atoms with Gasteiger partial charge < -0.3 is 10.8 Å². The standard InChI is InChI=1S/C9H11ClFNO/c10-7-2-1-6(5-8(7)11)9(12)3-4-13/h1-2,5,9,13H,3-4,12H2. The fraction of sp³-hybridized carbons (Fsp3) is 0.333. The summed E-state index contributed by atoms with van der Waals surface area (Å²) >= 11 is 5.50. The molecule has 0 aliphatic carbocycles. The van der Waals surface area contributed by atoms with Gasteiger partial charge in [-0.1, -0.05) is 17.7 Å². The highest BCUT2D eigenvalue weighted by Crippen LogP contribution is 2.20. The van der Waals surface area contributed by atoms with E-state index in [4.69, 9.17) is 22.4 Å². The lowest BCUT2D eigenvalue weighted by Gasteiger charge is -2.10. The number of halogens is 2. The maximum atomic E-state index is 12.9. The van der Waals surface area contributed by atoms with Gasteiger partial charge in [0.1, 0.15) is 5.82 Å². The molecule has 2 nitrogen and oxygen atoms in total.